The van der Waals surface area contributed by atoms with Crippen molar-refractivity contribution in [2.45, 2.75) is 38.3 Å². The minimum Gasteiger partial charge on any atom is -0.334 e. The van der Waals surface area contributed by atoms with Crippen LogP contribution in [0.1, 0.15) is 36.5 Å². The number of benzene rings is 1. The summed E-state index contributed by atoms with van der Waals surface area (Å²) in [5.74, 6) is 0.0316. The molecule has 1 amide bonds. The van der Waals surface area contributed by atoms with Crippen LogP contribution in [0.15, 0.2) is 42.7 Å². The number of aromatic nitrogens is 2. The highest BCUT2D eigenvalue weighted by Gasteiger charge is 2.30. The summed E-state index contributed by atoms with van der Waals surface area (Å²) in [5.41, 5.74) is 7.62. The molecule has 2 heterocycles. The molecule has 1 saturated heterocycles. The van der Waals surface area contributed by atoms with E-state index in [-0.39, 0.29) is 30.4 Å². The number of carbonyl (C=O) groups is 1. The molecular weight excluding hydrogens is 312 g/mol. The molecule has 2 unspecified atom stereocenters. The van der Waals surface area contributed by atoms with E-state index < -0.39 is 0 Å². The van der Waals surface area contributed by atoms with Gasteiger partial charge in [0.15, 0.2) is 0 Å². The monoisotopic (exact) mass is 334 g/mol. The van der Waals surface area contributed by atoms with E-state index in [0.29, 0.717) is 5.56 Å². The summed E-state index contributed by atoms with van der Waals surface area (Å²) in [7, 11) is 0. The van der Waals surface area contributed by atoms with Crippen LogP contribution in [-0.4, -0.2) is 39.2 Å². The summed E-state index contributed by atoms with van der Waals surface area (Å²) in [5, 5.41) is 4.31. The van der Waals surface area contributed by atoms with Gasteiger partial charge < -0.3 is 10.6 Å². The van der Waals surface area contributed by atoms with E-state index in [4.69, 9.17) is 5.73 Å². The molecule has 1 aliphatic rings. The first-order valence-electron chi connectivity index (χ1n) is 7.83. The lowest BCUT2D eigenvalue weighted by Crippen LogP contribution is -2.51. The maximum atomic E-state index is 12.8. The Morgan fingerprint density at radius 2 is 2.04 bits per heavy atom. The number of likely N-dealkylation sites (tertiary alicyclic amines) is 1. The van der Waals surface area contributed by atoms with Gasteiger partial charge in [-0.1, -0.05) is 18.2 Å². The smallest absolute Gasteiger partial charge is 0.257 e. The number of carbonyl (C=O) groups excluding carboxylic acids is 1. The molecule has 0 spiro atoms. The first kappa shape index (κ1) is 17.5. The van der Waals surface area contributed by atoms with Crippen LogP contribution in [0.4, 0.5) is 0 Å². The first-order valence-corrected chi connectivity index (χ1v) is 7.83. The van der Waals surface area contributed by atoms with Crippen molar-refractivity contribution < 1.29 is 4.79 Å². The second-order valence-corrected chi connectivity index (χ2v) is 5.93. The maximum absolute atomic E-state index is 12.8. The number of halogens is 1. The molecule has 2 N–H and O–H groups in total. The van der Waals surface area contributed by atoms with Gasteiger partial charge in [-0.15, -0.1) is 12.4 Å². The van der Waals surface area contributed by atoms with Crippen LogP contribution in [-0.2, 0) is 0 Å². The molecule has 1 aromatic heterocycles. The number of hydrogen-bond acceptors (Lipinski definition) is 3. The largest absolute Gasteiger partial charge is 0.334 e. The predicted molar refractivity (Wildman–Crippen MR) is 93.1 cm³/mol. The van der Waals surface area contributed by atoms with E-state index in [1.165, 1.54) is 0 Å². The molecule has 1 fully saturated rings. The second kappa shape index (κ2) is 7.62. The number of piperidine rings is 1. The van der Waals surface area contributed by atoms with E-state index in [9.17, 15) is 4.79 Å². The minimum atomic E-state index is -0.00609. The van der Waals surface area contributed by atoms with Gasteiger partial charge in [0.05, 0.1) is 17.4 Å². The fraction of sp³-hybridized carbons (Fsp3) is 0.412. The number of nitrogens with zero attached hydrogens (tertiary/aromatic N) is 3. The Labute approximate surface area is 142 Å². The van der Waals surface area contributed by atoms with Crippen molar-refractivity contribution in [3.05, 3.63) is 48.3 Å². The van der Waals surface area contributed by atoms with Gasteiger partial charge in [-0.05, 0) is 38.3 Å². The highest BCUT2D eigenvalue weighted by molar-refractivity contribution is 5.94. The lowest BCUT2D eigenvalue weighted by Gasteiger charge is -2.37. The Balaban J connectivity index is 0.00000192. The number of hydrogen-bond donors (Lipinski definition) is 1. The van der Waals surface area contributed by atoms with E-state index in [1.807, 2.05) is 42.2 Å². The van der Waals surface area contributed by atoms with E-state index in [0.717, 1.165) is 31.5 Å². The maximum Gasteiger partial charge on any atom is 0.257 e. The van der Waals surface area contributed by atoms with Crippen molar-refractivity contribution in [2.24, 2.45) is 5.73 Å². The fourth-order valence-corrected chi connectivity index (χ4v) is 3.08. The second-order valence-electron chi connectivity index (χ2n) is 5.93. The van der Waals surface area contributed by atoms with Gasteiger partial charge in [-0.3, -0.25) is 4.79 Å². The first-order chi connectivity index (χ1) is 10.7. The molecule has 0 bridgehead atoms. The molecule has 3 rings (SSSR count). The molecule has 6 heteroatoms. The fourth-order valence-electron chi connectivity index (χ4n) is 3.08. The zero-order chi connectivity index (χ0) is 15.5. The van der Waals surface area contributed by atoms with Crippen LogP contribution in [0, 0.1) is 0 Å². The summed E-state index contributed by atoms with van der Waals surface area (Å²) in [6, 6.07) is 9.92. The Hall–Kier alpha value is -1.85. The minimum absolute atomic E-state index is 0. The van der Waals surface area contributed by atoms with Crippen molar-refractivity contribution in [1.29, 1.82) is 0 Å². The van der Waals surface area contributed by atoms with E-state index >= 15 is 0 Å². The predicted octanol–water partition coefficient (Wildman–Crippen LogP) is 2.64. The zero-order valence-corrected chi connectivity index (χ0v) is 14.1. The van der Waals surface area contributed by atoms with Gasteiger partial charge >= 0.3 is 0 Å². The molecule has 1 aliphatic heterocycles. The van der Waals surface area contributed by atoms with Gasteiger partial charge in [-0.2, -0.15) is 5.10 Å². The summed E-state index contributed by atoms with van der Waals surface area (Å²) in [4.78, 5) is 14.7. The number of nitrogens with two attached hydrogens (primary N) is 1. The Morgan fingerprint density at radius 1 is 1.30 bits per heavy atom. The van der Waals surface area contributed by atoms with Crippen molar-refractivity contribution in [1.82, 2.24) is 14.7 Å². The highest BCUT2D eigenvalue weighted by atomic mass is 35.5. The summed E-state index contributed by atoms with van der Waals surface area (Å²) >= 11 is 0. The molecule has 2 atom stereocenters. The van der Waals surface area contributed by atoms with Crippen LogP contribution in [0.5, 0.6) is 0 Å². The van der Waals surface area contributed by atoms with Crippen molar-refractivity contribution >= 4 is 18.3 Å². The third-order valence-electron chi connectivity index (χ3n) is 4.27. The Kier molecular flexibility index (Phi) is 5.80. The van der Waals surface area contributed by atoms with Crippen LogP contribution >= 0.6 is 12.4 Å². The number of para-hydroxylation sites is 1. The molecular formula is C17H23ClN4O. The summed E-state index contributed by atoms with van der Waals surface area (Å²) in [6.07, 6.45) is 6.60. The van der Waals surface area contributed by atoms with E-state index in [2.05, 4.69) is 5.10 Å². The lowest BCUT2D eigenvalue weighted by molar-refractivity contribution is 0.0584. The zero-order valence-electron chi connectivity index (χ0n) is 13.3. The third kappa shape index (κ3) is 3.74. The quantitative estimate of drug-likeness (QED) is 0.938. The SMILES string of the molecule is CC(N)C1CCCCN1C(=O)c1cnn(-c2ccccc2)c1.Cl. The molecule has 0 aliphatic carbocycles. The van der Waals surface area contributed by atoms with Crippen molar-refractivity contribution in [3.63, 3.8) is 0 Å². The summed E-state index contributed by atoms with van der Waals surface area (Å²) < 4.78 is 1.73. The summed E-state index contributed by atoms with van der Waals surface area (Å²) in [6.45, 7) is 2.76. The number of rotatable bonds is 3. The van der Waals surface area contributed by atoms with Crippen molar-refractivity contribution in [2.75, 3.05) is 6.54 Å². The lowest BCUT2D eigenvalue weighted by atomic mass is 9.96. The molecule has 0 saturated carbocycles. The molecule has 5 nitrogen and oxygen atoms in total. The molecule has 0 radical (unpaired) electrons. The molecule has 124 valence electrons. The van der Waals surface area contributed by atoms with Crippen molar-refractivity contribution in [3.8, 4) is 5.69 Å². The van der Waals surface area contributed by atoms with Gasteiger partial charge in [0, 0.05) is 24.8 Å². The average molecular weight is 335 g/mol. The molecule has 1 aromatic carbocycles. The third-order valence-corrected chi connectivity index (χ3v) is 4.27. The van der Waals surface area contributed by atoms with E-state index in [1.54, 1.807) is 17.1 Å². The van der Waals surface area contributed by atoms with Gasteiger partial charge in [0.2, 0.25) is 0 Å². The number of amides is 1. The van der Waals surface area contributed by atoms with Crippen LogP contribution in [0.25, 0.3) is 5.69 Å². The molecule has 2 aromatic rings. The average Bonchev–Trinajstić information content (AvgIpc) is 3.05. The van der Waals surface area contributed by atoms with Gasteiger partial charge in [-0.25, -0.2) is 4.68 Å². The van der Waals surface area contributed by atoms with Crippen LogP contribution in [0.2, 0.25) is 0 Å². The molecule has 23 heavy (non-hydrogen) atoms. The van der Waals surface area contributed by atoms with Gasteiger partial charge in [0.1, 0.15) is 0 Å². The Bertz CT molecular complexity index is 641. The van der Waals surface area contributed by atoms with Crippen LogP contribution in [0.3, 0.4) is 0 Å². The van der Waals surface area contributed by atoms with Gasteiger partial charge in [0.25, 0.3) is 5.91 Å². The normalized spacial score (nSPS) is 19.0. The highest BCUT2D eigenvalue weighted by Crippen LogP contribution is 2.21. The topological polar surface area (TPSA) is 64.2 Å². The standard InChI is InChI=1S/C17H22N4O.ClH/c1-13(18)16-9-5-6-10-20(16)17(22)14-11-19-21(12-14)15-7-3-2-4-8-15;/h2-4,7-8,11-13,16H,5-6,9-10,18H2,1H3;1H. The van der Waals surface area contributed by atoms with Crippen LogP contribution < -0.4 is 5.73 Å². The Morgan fingerprint density at radius 3 is 2.74 bits per heavy atom.